The molecular formula is C15H10ClN3. The zero-order valence-electron chi connectivity index (χ0n) is 10.3. The van der Waals surface area contributed by atoms with Gasteiger partial charge in [0.1, 0.15) is 6.07 Å². The smallest absolute Gasteiger partial charge is 0.101 e. The zero-order valence-corrected chi connectivity index (χ0v) is 11.0. The lowest BCUT2D eigenvalue weighted by Crippen LogP contribution is -2.11. The van der Waals surface area contributed by atoms with E-state index in [0.29, 0.717) is 21.8 Å². The second kappa shape index (κ2) is 5.44. The summed E-state index contributed by atoms with van der Waals surface area (Å²) in [7, 11) is 1.84. The number of halogens is 1. The quantitative estimate of drug-likeness (QED) is 0.830. The number of rotatable bonds is 2. The minimum atomic E-state index is 0.536. The molecule has 0 bridgehead atoms. The molecule has 0 atom stereocenters. The standard InChI is InChI=1S/C15H10ClN3/c1-19(14-4-2-3-11(7-14)9-17)15-8-13(16)6-5-12(15)10-18/h2-8H,1H3. The minimum absolute atomic E-state index is 0.536. The highest BCUT2D eigenvalue weighted by Gasteiger charge is 2.10. The minimum Gasteiger partial charge on any atom is -0.343 e. The summed E-state index contributed by atoms with van der Waals surface area (Å²) in [5.41, 5.74) is 2.65. The molecule has 0 N–H and O–H groups in total. The molecule has 0 aliphatic rings. The van der Waals surface area contributed by atoms with Crippen molar-refractivity contribution in [2.45, 2.75) is 0 Å². The maximum absolute atomic E-state index is 9.13. The van der Waals surface area contributed by atoms with E-state index in [2.05, 4.69) is 12.1 Å². The Labute approximate surface area is 116 Å². The Morgan fingerprint density at radius 2 is 1.84 bits per heavy atom. The van der Waals surface area contributed by atoms with Gasteiger partial charge in [-0.15, -0.1) is 0 Å². The first-order chi connectivity index (χ1) is 9.15. The van der Waals surface area contributed by atoms with Gasteiger partial charge in [0.2, 0.25) is 0 Å². The van der Waals surface area contributed by atoms with E-state index < -0.39 is 0 Å². The summed E-state index contributed by atoms with van der Waals surface area (Å²) in [5.74, 6) is 0. The fourth-order valence-electron chi connectivity index (χ4n) is 1.80. The number of hydrogen-bond donors (Lipinski definition) is 0. The number of anilines is 2. The van der Waals surface area contributed by atoms with Crippen LogP contribution >= 0.6 is 11.6 Å². The summed E-state index contributed by atoms with van der Waals surface area (Å²) in [6.07, 6.45) is 0. The summed E-state index contributed by atoms with van der Waals surface area (Å²) in [4.78, 5) is 1.84. The van der Waals surface area contributed by atoms with Crippen LogP contribution in [0.15, 0.2) is 42.5 Å². The first-order valence-electron chi connectivity index (χ1n) is 5.59. The van der Waals surface area contributed by atoms with E-state index in [-0.39, 0.29) is 0 Å². The van der Waals surface area contributed by atoms with E-state index in [4.69, 9.17) is 22.1 Å². The van der Waals surface area contributed by atoms with E-state index in [0.717, 1.165) is 5.69 Å². The first kappa shape index (κ1) is 13.0. The van der Waals surface area contributed by atoms with Crippen LogP contribution in [0.5, 0.6) is 0 Å². The Bertz CT molecular complexity index is 695. The van der Waals surface area contributed by atoms with Crippen LogP contribution in [-0.4, -0.2) is 7.05 Å². The molecule has 0 unspecified atom stereocenters. The van der Waals surface area contributed by atoms with Gasteiger partial charge < -0.3 is 4.90 Å². The van der Waals surface area contributed by atoms with Gasteiger partial charge in [-0.05, 0) is 36.4 Å². The molecule has 19 heavy (non-hydrogen) atoms. The molecule has 0 spiro atoms. The van der Waals surface area contributed by atoms with Gasteiger partial charge in [-0.25, -0.2) is 0 Å². The largest absolute Gasteiger partial charge is 0.343 e. The van der Waals surface area contributed by atoms with Crippen molar-refractivity contribution in [3.8, 4) is 12.1 Å². The van der Waals surface area contributed by atoms with Crippen molar-refractivity contribution in [2.24, 2.45) is 0 Å². The molecule has 0 aliphatic heterocycles. The average Bonchev–Trinajstić information content (AvgIpc) is 2.46. The third-order valence-electron chi connectivity index (χ3n) is 2.80. The Hall–Kier alpha value is -2.49. The predicted molar refractivity (Wildman–Crippen MR) is 75.4 cm³/mol. The van der Waals surface area contributed by atoms with E-state index >= 15 is 0 Å². The lowest BCUT2D eigenvalue weighted by atomic mass is 10.1. The monoisotopic (exact) mass is 267 g/mol. The maximum Gasteiger partial charge on any atom is 0.101 e. The van der Waals surface area contributed by atoms with Gasteiger partial charge in [-0.3, -0.25) is 0 Å². The fraction of sp³-hybridized carbons (Fsp3) is 0.0667. The van der Waals surface area contributed by atoms with Crippen LogP contribution in [0.3, 0.4) is 0 Å². The molecule has 0 fully saturated rings. The van der Waals surface area contributed by atoms with Crippen molar-refractivity contribution >= 4 is 23.0 Å². The van der Waals surface area contributed by atoms with E-state index in [1.807, 2.05) is 18.0 Å². The third-order valence-corrected chi connectivity index (χ3v) is 3.04. The predicted octanol–water partition coefficient (Wildman–Crippen LogP) is 3.85. The highest BCUT2D eigenvalue weighted by atomic mass is 35.5. The van der Waals surface area contributed by atoms with E-state index in [9.17, 15) is 0 Å². The fourth-order valence-corrected chi connectivity index (χ4v) is 1.97. The molecule has 2 aromatic rings. The molecule has 0 saturated heterocycles. The Balaban J connectivity index is 2.50. The van der Waals surface area contributed by atoms with Gasteiger partial charge in [-0.2, -0.15) is 10.5 Å². The number of hydrogen-bond acceptors (Lipinski definition) is 3. The third kappa shape index (κ3) is 2.68. The summed E-state index contributed by atoms with van der Waals surface area (Å²) >= 11 is 5.98. The highest BCUT2D eigenvalue weighted by Crippen LogP contribution is 2.29. The Morgan fingerprint density at radius 1 is 1.05 bits per heavy atom. The zero-order chi connectivity index (χ0) is 13.8. The summed E-state index contributed by atoms with van der Waals surface area (Å²) in [5, 5.41) is 18.6. The maximum atomic E-state index is 9.13. The molecule has 4 heteroatoms. The lowest BCUT2D eigenvalue weighted by Gasteiger charge is -2.21. The van der Waals surface area contributed by atoms with Crippen LogP contribution in [0.4, 0.5) is 11.4 Å². The van der Waals surface area contributed by atoms with Crippen molar-refractivity contribution in [1.29, 1.82) is 10.5 Å². The van der Waals surface area contributed by atoms with Gasteiger partial charge >= 0.3 is 0 Å². The van der Waals surface area contributed by atoms with Crippen LogP contribution in [0.1, 0.15) is 11.1 Å². The van der Waals surface area contributed by atoms with Crippen LogP contribution in [-0.2, 0) is 0 Å². The molecule has 92 valence electrons. The van der Waals surface area contributed by atoms with Crippen LogP contribution in [0.2, 0.25) is 5.02 Å². The normalized spacial score (nSPS) is 9.47. The van der Waals surface area contributed by atoms with Crippen molar-refractivity contribution in [2.75, 3.05) is 11.9 Å². The molecule has 0 amide bonds. The van der Waals surface area contributed by atoms with Crippen LogP contribution in [0.25, 0.3) is 0 Å². The first-order valence-corrected chi connectivity index (χ1v) is 5.97. The van der Waals surface area contributed by atoms with E-state index in [1.165, 1.54) is 0 Å². The molecule has 2 aromatic carbocycles. The molecule has 0 heterocycles. The van der Waals surface area contributed by atoms with E-state index in [1.54, 1.807) is 36.4 Å². The van der Waals surface area contributed by atoms with Crippen LogP contribution < -0.4 is 4.90 Å². The molecule has 0 saturated carbocycles. The van der Waals surface area contributed by atoms with Crippen molar-refractivity contribution in [3.63, 3.8) is 0 Å². The van der Waals surface area contributed by atoms with Gasteiger partial charge in [-0.1, -0.05) is 17.7 Å². The summed E-state index contributed by atoms with van der Waals surface area (Å²) in [6.45, 7) is 0. The second-order valence-electron chi connectivity index (χ2n) is 3.99. The lowest BCUT2D eigenvalue weighted by molar-refractivity contribution is 1.20. The summed E-state index contributed by atoms with van der Waals surface area (Å²) < 4.78 is 0. The summed E-state index contributed by atoms with van der Waals surface area (Å²) in [6, 6.07) is 16.5. The molecule has 0 aromatic heterocycles. The van der Waals surface area contributed by atoms with Gasteiger partial charge in [0, 0.05) is 17.8 Å². The molecule has 2 rings (SSSR count). The van der Waals surface area contributed by atoms with Gasteiger partial charge in [0.05, 0.1) is 22.9 Å². The van der Waals surface area contributed by atoms with Crippen molar-refractivity contribution < 1.29 is 0 Å². The molecule has 0 aliphatic carbocycles. The highest BCUT2D eigenvalue weighted by molar-refractivity contribution is 6.30. The number of benzene rings is 2. The number of nitrogens with zero attached hydrogens (tertiary/aromatic N) is 3. The topological polar surface area (TPSA) is 50.8 Å². The Morgan fingerprint density at radius 3 is 2.53 bits per heavy atom. The molecule has 3 nitrogen and oxygen atoms in total. The van der Waals surface area contributed by atoms with Crippen LogP contribution in [0, 0.1) is 22.7 Å². The average molecular weight is 268 g/mol. The SMILES string of the molecule is CN(c1cccc(C#N)c1)c1cc(Cl)ccc1C#N. The van der Waals surface area contributed by atoms with Gasteiger partial charge in [0.25, 0.3) is 0 Å². The second-order valence-corrected chi connectivity index (χ2v) is 4.43. The van der Waals surface area contributed by atoms with Crippen molar-refractivity contribution in [1.82, 2.24) is 0 Å². The molecule has 0 radical (unpaired) electrons. The Kier molecular flexibility index (Phi) is 3.71. The van der Waals surface area contributed by atoms with Crippen molar-refractivity contribution in [3.05, 3.63) is 58.6 Å². The van der Waals surface area contributed by atoms with Gasteiger partial charge in [0.15, 0.2) is 0 Å². The molecular weight excluding hydrogens is 258 g/mol. The number of nitriles is 2.